The minimum Gasteiger partial charge on any atom is -0.451 e. The third-order valence-electron chi connectivity index (χ3n) is 6.54. The fraction of sp³-hybridized carbons (Fsp3) is 0.167. The van der Waals surface area contributed by atoms with E-state index in [2.05, 4.69) is 31.5 Å². The van der Waals surface area contributed by atoms with Crippen molar-refractivity contribution < 1.29 is 14.0 Å². The molecule has 7 nitrogen and oxygen atoms in total. The van der Waals surface area contributed by atoms with Crippen molar-refractivity contribution in [2.45, 2.75) is 6.92 Å². The summed E-state index contributed by atoms with van der Waals surface area (Å²) in [7, 11) is 0. The second kappa shape index (κ2) is 11.8. The van der Waals surface area contributed by atoms with Crippen LogP contribution in [0.3, 0.4) is 0 Å². The number of benzene rings is 3. The second-order valence-corrected chi connectivity index (χ2v) is 10.6. The van der Waals surface area contributed by atoms with Gasteiger partial charge < -0.3 is 19.5 Å². The summed E-state index contributed by atoms with van der Waals surface area (Å²) < 4.78 is 6.68. The topological polar surface area (TPSA) is 77.8 Å². The predicted molar refractivity (Wildman–Crippen MR) is 161 cm³/mol. The fourth-order valence-corrected chi connectivity index (χ4v) is 4.83. The van der Waals surface area contributed by atoms with Crippen LogP contribution in [-0.2, 0) is 0 Å². The van der Waals surface area contributed by atoms with Crippen molar-refractivity contribution in [2.75, 3.05) is 36.4 Å². The fourth-order valence-electron chi connectivity index (χ4n) is 4.36. The van der Waals surface area contributed by atoms with Crippen LogP contribution in [-0.4, -0.2) is 48.0 Å². The summed E-state index contributed by atoms with van der Waals surface area (Å²) in [5.41, 5.74) is 4.56. The van der Waals surface area contributed by atoms with Crippen LogP contribution in [0.25, 0.3) is 11.3 Å². The van der Waals surface area contributed by atoms with E-state index in [0.29, 0.717) is 18.8 Å². The predicted octanol–water partition coefficient (Wildman–Crippen LogP) is 6.11. The molecule has 9 heteroatoms. The van der Waals surface area contributed by atoms with Crippen molar-refractivity contribution in [2.24, 2.45) is 0 Å². The summed E-state index contributed by atoms with van der Waals surface area (Å²) in [6.07, 6.45) is 0. The Morgan fingerprint density at radius 3 is 2.18 bits per heavy atom. The summed E-state index contributed by atoms with van der Waals surface area (Å²) in [4.78, 5) is 29.6. The third-order valence-corrected chi connectivity index (χ3v) is 7.27. The molecule has 1 aliphatic heterocycles. The molecule has 1 aromatic heterocycles. The molecule has 1 aliphatic rings. The van der Waals surface area contributed by atoms with E-state index in [9.17, 15) is 9.59 Å². The number of amides is 2. The van der Waals surface area contributed by atoms with Crippen molar-refractivity contribution in [3.05, 3.63) is 106 Å². The lowest BCUT2D eigenvalue weighted by Gasteiger charge is -2.36. The van der Waals surface area contributed by atoms with E-state index in [1.54, 1.807) is 12.1 Å². The Kier molecular flexibility index (Phi) is 8.09. The lowest BCUT2D eigenvalue weighted by molar-refractivity contribution is 0.0746. The van der Waals surface area contributed by atoms with Gasteiger partial charge in [-0.1, -0.05) is 45.8 Å². The Balaban J connectivity index is 1.11. The summed E-state index contributed by atoms with van der Waals surface area (Å²) in [6, 6.07) is 26.6. The van der Waals surface area contributed by atoms with Gasteiger partial charge in [-0.05, 0) is 79.8 Å². The number of carbonyl (C=O) groups is 2. The zero-order valence-corrected chi connectivity index (χ0v) is 23.7. The first-order valence-electron chi connectivity index (χ1n) is 12.5. The molecule has 0 atom stereocenters. The van der Waals surface area contributed by atoms with Crippen molar-refractivity contribution in [3.63, 3.8) is 0 Å². The van der Waals surface area contributed by atoms with E-state index in [-0.39, 0.29) is 16.8 Å². The van der Waals surface area contributed by atoms with E-state index >= 15 is 0 Å². The van der Waals surface area contributed by atoms with Gasteiger partial charge in [0.05, 0.1) is 0 Å². The third kappa shape index (κ3) is 6.55. The average molecular weight is 604 g/mol. The van der Waals surface area contributed by atoms with E-state index < -0.39 is 5.91 Å². The number of nitrogens with zero attached hydrogens (tertiary/aromatic N) is 2. The molecule has 0 spiro atoms. The molecule has 0 unspecified atom stereocenters. The maximum Gasteiger partial charge on any atom is 0.293 e. The van der Waals surface area contributed by atoms with Gasteiger partial charge in [0.25, 0.3) is 11.8 Å². The molecule has 198 valence electrons. The molecular formula is C30H27BrN4O3S. The minimum absolute atomic E-state index is 0.0730. The Hall–Kier alpha value is -3.95. The van der Waals surface area contributed by atoms with Gasteiger partial charge >= 0.3 is 0 Å². The second-order valence-electron chi connectivity index (χ2n) is 9.27. The van der Waals surface area contributed by atoms with Crippen LogP contribution >= 0.6 is 28.1 Å². The average Bonchev–Trinajstić information content (AvgIpc) is 3.45. The van der Waals surface area contributed by atoms with Crippen molar-refractivity contribution in [3.8, 4) is 11.3 Å². The standard InChI is InChI=1S/C30H27BrN4O3S/c1-20-2-4-22(5-3-20)29(37)35-18-16-34(17-19-35)25-12-10-24(11-13-25)32-30(39)33-28(36)27-15-14-26(38-27)21-6-8-23(31)9-7-21/h2-15H,16-19H2,1H3,(H2,32,33,36,39). The van der Waals surface area contributed by atoms with Crippen molar-refractivity contribution in [1.82, 2.24) is 10.2 Å². The van der Waals surface area contributed by atoms with Crippen LogP contribution in [0, 0.1) is 6.92 Å². The van der Waals surface area contributed by atoms with Gasteiger partial charge in [-0.15, -0.1) is 0 Å². The molecule has 0 saturated carbocycles. The number of furan rings is 1. The Morgan fingerprint density at radius 1 is 0.846 bits per heavy atom. The van der Waals surface area contributed by atoms with E-state index in [1.807, 2.05) is 84.6 Å². The number of piperazine rings is 1. The van der Waals surface area contributed by atoms with Crippen molar-refractivity contribution >= 4 is 56.4 Å². The molecule has 0 bridgehead atoms. The lowest BCUT2D eigenvalue weighted by Crippen LogP contribution is -2.48. The molecule has 4 aromatic rings. The molecule has 2 amide bonds. The highest BCUT2D eigenvalue weighted by Crippen LogP contribution is 2.24. The molecule has 2 heterocycles. The quantitative estimate of drug-likeness (QED) is 0.268. The SMILES string of the molecule is Cc1ccc(C(=O)N2CCN(c3ccc(NC(=S)NC(=O)c4ccc(-c5ccc(Br)cc5)o4)cc3)CC2)cc1. The number of rotatable bonds is 5. The first kappa shape index (κ1) is 26.6. The van der Waals surface area contributed by atoms with Crippen LogP contribution < -0.4 is 15.5 Å². The number of aryl methyl sites for hydroxylation is 1. The molecule has 5 rings (SSSR count). The van der Waals surface area contributed by atoms with Gasteiger partial charge in [-0.2, -0.15) is 0 Å². The molecule has 2 N–H and O–H groups in total. The number of hydrogen-bond donors (Lipinski definition) is 2. The lowest BCUT2D eigenvalue weighted by atomic mass is 10.1. The summed E-state index contributed by atoms with van der Waals surface area (Å²) >= 11 is 8.74. The number of hydrogen-bond acceptors (Lipinski definition) is 5. The van der Waals surface area contributed by atoms with Crippen LogP contribution in [0.1, 0.15) is 26.5 Å². The molecule has 1 saturated heterocycles. The van der Waals surface area contributed by atoms with E-state index in [4.69, 9.17) is 16.6 Å². The molecule has 0 aliphatic carbocycles. The highest BCUT2D eigenvalue weighted by molar-refractivity contribution is 9.10. The smallest absolute Gasteiger partial charge is 0.293 e. The van der Waals surface area contributed by atoms with Crippen LogP contribution in [0.4, 0.5) is 11.4 Å². The van der Waals surface area contributed by atoms with Crippen LogP contribution in [0.5, 0.6) is 0 Å². The minimum atomic E-state index is -0.425. The number of carbonyl (C=O) groups excluding carboxylic acids is 2. The van der Waals surface area contributed by atoms with Gasteiger partial charge in [0.15, 0.2) is 10.9 Å². The number of thiocarbonyl (C=S) groups is 1. The highest BCUT2D eigenvalue weighted by Gasteiger charge is 2.22. The molecule has 1 fully saturated rings. The zero-order chi connectivity index (χ0) is 27.4. The number of anilines is 2. The van der Waals surface area contributed by atoms with Crippen LogP contribution in [0.15, 0.2) is 93.8 Å². The summed E-state index contributed by atoms with van der Waals surface area (Å²) in [5.74, 6) is 0.421. The van der Waals surface area contributed by atoms with Gasteiger partial charge in [0.2, 0.25) is 0 Å². The maximum atomic E-state index is 12.8. The maximum absolute atomic E-state index is 12.8. The van der Waals surface area contributed by atoms with Gasteiger partial charge in [0, 0.05) is 53.2 Å². The Labute approximate surface area is 240 Å². The molecule has 3 aromatic carbocycles. The molecular weight excluding hydrogens is 576 g/mol. The van der Waals surface area contributed by atoms with Gasteiger partial charge in [-0.3, -0.25) is 14.9 Å². The highest BCUT2D eigenvalue weighted by atomic mass is 79.9. The molecule has 0 radical (unpaired) electrons. The van der Waals surface area contributed by atoms with Crippen LogP contribution in [0.2, 0.25) is 0 Å². The zero-order valence-electron chi connectivity index (χ0n) is 21.3. The van der Waals surface area contributed by atoms with Gasteiger partial charge in [0.1, 0.15) is 5.76 Å². The van der Waals surface area contributed by atoms with E-state index in [0.717, 1.165) is 45.6 Å². The normalized spacial score (nSPS) is 13.2. The first-order valence-corrected chi connectivity index (χ1v) is 13.7. The Morgan fingerprint density at radius 2 is 1.51 bits per heavy atom. The van der Waals surface area contributed by atoms with Gasteiger partial charge in [-0.25, -0.2) is 0 Å². The summed E-state index contributed by atoms with van der Waals surface area (Å²) in [5, 5.41) is 5.88. The Bertz CT molecular complexity index is 1480. The van der Waals surface area contributed by atoms with E-state index in [1.165, 1.54) is 0 Å². The van der Waals surface area contributed by atoms with Crippen molar-refractivity contribution in [1.29, 1.82) is 0 Å². The monoisotopic (exact) mass is 602 g/mol. The first-order chi connectivity index (χ1) is 18.9. The number of nitrogens with one attached hydrogen (secondary N) is 2. The largest absolute Gasteiger partial charge is 0.451 e. The molecule has 39 heavy (non-hydrogen) atoms. The number of halogens is 1. The summed E-state index contributed by atoms with van der Waals surface area (Å²) in [6.45, 7) is 4.85.